The number of hydrogen-bond acceptors (Lipinski definition) is 1. The fourth-order valence-electron chi connectivity index (χ4n) is 0. The molecule has 0 aromatic heterocycles. The third-order valence-electron chi connectivity index (χ3n) is 0.236. The van der Waals surface area contributed by atoms with E-state index in [2.05, 4.69) is 0 Å². The summed E-state index contributed by atoms with van der Waals surface area (Å²) in [5.74, 6) is 0. The van der Waals surface area contributed by atoms with Crippen molar-refractivity contribution in [2.24, 2.45) is 5.73 Å². The molecule has 0 unspecified atom stereocenters. The Labute approximate surface area is 67.9 Å². The monoisotopic (exact) mass is 211 g/mol. The van der Waals surface area contributed by atoms with Gasteiger partial charge in [0.1, 0.15) is 0 Å². The molecule has 50 valence electrons. The third-order valence-corrected chi connectivity index (χ3v) is 0.236. The van der Waals surface area contributed by atoms with Crippen LogP contribution in [0.1, 0.15) is 13.3 Å². The summed E-state index contributed by atoms with van der Waals surface area (Å²) in [6.45, 7) is 3.62. The SMILES string of the molecule is CC[CH-]N.[Cl][Ti+]([Cl])[Cl]. The Morgan fingerprint density at radius 1 is 1.50 bits per heavy atom. The molecule has 0 spiro atoms. The van der Waals surface area contributed by atoms with Gasteiger partial charge in [0.15, 0.2) is 0 Å². The number of halogens is 3. The molecule has 0 bridgehead atoms. The molecular weight excluding hydrogens is 204 g/mol. The standard InChI is InChI=1S/C3H8N.3ClH.Ti/c1-2-3-4;;;;/h3H,2,4H2,1H3;3*1H;/q-1;;;;+4/p-3. The van der Waals surface area contributed by atoms with E-state index in [0.29, 0.717) is 0 Å². The Hall–Kier alpha value is 1.54. The van der Waals surface area contributed by atoms with Crippen LogP contribution in [0.15, 0.2) is 0 Å². The molecule has 0 aliphatic rings. The van der Waals surface area contributed by atoms with E-state index in [0.717, 1.165) is 6.42 Å². The van der Waals surface area contributed by atoms with Crippen LogP contribution in [-0.4, -0.2) is 0 Å². The maximum atomic E-state index is 4.97. The second-order valence-electron chi connectivity index (χ2n) is 0.858. The second kappa shape index (κ2) is 11.4. The van der Waals surface area contributed by atoms with Gasteiger partial charge in [-0.15, -0.1) is 0 Å². The van der Waals surface area contributed by atoms with Crippen molar-refractivity contribution < 1.29 is 14.7 Å². The molecule has 2 N–H and O–H groups in total. The molecule has 8 heavy (non-hydrogen) atoms. The van der Waals surface area contributed by atoms with Crippen LogP contribution in [0.2, 0.25) is 0 Å². The van der Waals surface area contributed by atoms with E-state index in [1.807, 2.05) is 6.92 Å². The van der Waals surface area contributed by atoms with Crippen LogP contribution in [-0.2, 0) is 14.7 Å². The predicted molar refractivity (Wildman–Crippen MR) is 36.3 cm³/mol. The zero-order valence-electron chi connectivity index (χ0n) is 4.50. The molecule has 0 aliphatic heterocycles. The number of hydrogen-bond donors (Lipinski definition) is 1. The summed E-state index contributed by atoms with van der Waals surface area (Å²) in [4.78, 5) is 0. The average molecular weight is 212 g/mol. The van der Waals surface area contributed by atoms with Gasteiger partial charge < -0.3 is 5.73 Å². The van der Waals surface area contributed by atoms with Gasteiger partial charge in [0.25, 0.3) is 0 Å². The molecule has 0 radical (unpaired) electrons. The first-order chi connectivity index (χ1) is 3.65. The Balaban J connectivity index is 0. The first-order valence-electron chi connectivity index (χ1n) is 2.02. The average Bonchev–Trinajstić information content (AvgIpc) is 1.65. The van der Waals surface area contributed by atoms with Crippen LogP contribution in [0, 0.1) is 6.54 Å². The molecule has 0 rings (SSSR count). The van der Waals surface area contributed by atoms with Crippen LogP contribution < -0.4 is 5.73 Å². The van der Waals surface area contributed by atoms with E-state index >= 15 is 0 Å². The van der Waals surface area contributed by atoms with E-state index in [1.54, 1.807) is 6.54 Å². The molecule has 1 nitrogen and oxygen atoms in total. The summed E-state index contributed by atoms with van der Waals surface area (Å²) in [6, 6.07) is 0. The summed E-state index contributed by atoms with van der Waals surface area (Å²) in [7, 11) is 14.9. The zero-order chi connectivity index (χ0) is 6.99. The number of nitrogens with two attached hydrogens (primary N) is 1. The van der Waals surface area contributed by atoms with Crippen molar-refractivity contribution in [2.45, 2.75) is 13.3 Å². The van der Waals surface area contributed by atoms with Crippen molar-refractivity contribution in [3.05, 3.63) is 6.54 Å². The topological polar surface area (TPSA) is 26.0 Å². The van der Waals surface area contributed by atoms with Crippen molar-refractivity contribution in [3.8, 4) is 0 Å². The summed E-state index contributed by atoms with van der Waals surface area (Å²) in [6.07, 6.45) is 0.972. The van der Waals surface area contributed by atoms with Gasteiger partial charge in [-0.1, -0.05) is 6.92 Å². The Morgan fingerprint density at radius 3 is 1.62 bits per heavy atom. The van der Waals surface area contributed by atoms with Gasteiger partial charge in [-0.2, -0.15) is 6.42 Å². The molecular formula is C3H8Cl3NTi. The molecule has 0 aromatic rings. The van der Waals surface area contributed by atoms with Gasteiger partial charge >= 0.3 is 42.6 Å². The minimum atomic E-state index is -1.92. The van der Waals surface area contributed by atoms with Gasteiger partial charge in [0, 0.05) is 0 Å². The van der Waals surface area contributed by atoms with Crippen molar-refractivity contribution >= 4 is 27.9 Å². The second-order valence-corrected chi connectivity index (χ2v) is 8.60. The molecule has 0 saturated heterocycles. The quantitative estimate of drug-likeness (QED) is 0.524. The van der Waals surface area contributed by atoms with Crippen molar-refractivity contribution in [2.75, 3.05) is 0 Å². The normalized spacial score (nSPS) is 7.12. The maximum absolute atomic E-state index is 4.97. The summed E-state index contributed by atoms with van der Waals surface area (Å²) in [5, 5.41) is 0. The molecule has 0 saturated carbocycles. The van der Waals surface area contributed by atoms with Crippen LogP contribution in [0.25, 0.3) is 0 Å². The van der Waals surface area contributed by atoms with E-state index < -0.39 is 14.7 Å². The third kappa shape index (κ3) is 49.9. The molecule has 0 heterocycles. The fourth-order valence-corrected chi connectivity index (χ4v) is 0. The summed E-state index contributed by atoms with van der Waals surface area (Å²) < 4.78 is 0. The van der Waals surface area contributed by atoms with Gasteiger partial charge in [-0.25, -0.2) is 0 Å². The van der Waals surface area contributed by atoms with Crippen LogP contribution in [0.5, 0.6) is 0 Å². The molecule has 0 aromatic carbocycles. The Kier molecular flexibility index (Phi) is 17.4. The van der Waals surface area contributed by atoms with Gasteiger partial charge in [-0.3, -0.25) is 6.54 Å². The van der Waals surface area contributed by atoms with Gasteiger partial charge in [-0.05, 0) is 0 Å². The molecule has 0 fully saturated rings. The molecule has 0 atom stereocenters. The van der Waals surface area contributed by atoms with E-state index in [9.17, 15) is 0 Å². The van der Waals surface area contributed by atoms with E-state index in [1.165, 1.54) is 0 Å². The van der Waals surface area contributed by atoms with E-state index in [-0.39, 0.29) is 0 Å². The van der Waals surface area contributed by atoms with E-state index in [4.69, 9.17) is 33.6 Å². The molecule has 5 heteroatoms. The minimum absolute atomic E-state index is 0.972. The first-order valence-corrected chi connectivity index (χ1v) is 8.46. The van der Waals surface area contributed by atoms with Crippen LogP contribution >= 0.6 is 27.9 Å². The Bertz CT molecular complexity index is 31.0. The molecule has 0 amide bonds. The Morgan fingerprint density at radius 2 is 1.62 bits per heavy atom. The van der Waals surface area contributed by atoms with Crippen molar-refractivity contribution in [3.63, 3.8) is 0 Å². The first kappa shape index (κ1) is 12.2. The predicted octanol–water partition coefficient (Wildman–Crippen LogP) is 2.58. The molecule has 0 aliphatic carbocycles. The summed E-state index contributed by atoms with van der Waals surface area (Å²) in [5.41, 5.74) is 4.90. The summed E-state index contributed by atoms with van der Waals surface area (Å²) >= 11 is -1.92. The van der Waals surface area contributed by atoms with Crippen molar-refractivity contribution in [1.82, 2.24) is 0 Å². The van der Waals surface area contributed by atoms with Crippen LogP contribution in [0.3, 0.4) is 0 Å². The van der Waals surface area contributed by atoms with Gasteiger partial charge in [0.2, 0.25) is 0 Å². The zero-order valence-corrected chi connectivity index (χ0v) is 8.33. The number of rotatable bonds is 1. The fraction of sp³-hybridized carbons (Fsp3) is 0.667. The van der Waals surface area contributed by atoms with Crippen LogP contribution in [0.4, 0.5) is 0 Å². The van der Waals surface area contributed by atoms with Gasteiger partial charge in [0.05, 0.1) is 0 Å². The van der Waals surface area contributed by atoms with Crippen molar-refractivity contribution in [1.29, 1.82) is 0 Å².